The first-order valence-corrected chi connectivity index (χ1v) is 5.81. The average Bonchev–Trinajstić information content (AvgIpc) is 3.13. The van der Waals surface area contributed by atoms with Crippen LogP contribution in [0, 0.1) is 24.7 Å². The van der Waals surface area contributed by atoms with Crippen molar-refractivity contribution in [3.8, 4) is 11.8 Å². The molecule has 0 unspecified atom stereocenters. The highest BCUT2D eigenvalue weighted by atomic mass is 16.2. The van der Waals surface area contributed by atoms with Crippen molar-refractivity contribution < 1.29 is 4.79 Å². The predicted octanol–water partition coefficient (Wildman–Crippen LogP) is 1.65. The maximum atomic E-state index is 11.6. The van der Waals surface area contributed by atoms with E-state index in [2.05, 4.69) is 17.2 Å². The minimum atomic E-state index is 0.117. The first-order valence-electron chi connectivity index (χ1n) is 5.81. The first kappa shape index (κ1) is 11.7. The molecule has 0 spiro atoms. The fourth-order valence-electron chi connectivity index (χ4n) is 1.57. The Labute approximate surface area is 101 Å². The Kier molecular flexibility index (Phi) is 3.46. The molecule has 0 heterocycles. The molecule has 1 aromatic carbocycles. The molecule has 3 N–H and O–H groups in total. The van der Waals surface area contributed by atoms with Gasteiger partial charge in [0.2, 0.25) is 5.91 Å². The van der Waals surface area contributed by atoms with E-state index >= 15 is 0 Å². The Bertz CT molecular complexity index is 493. The highest BCUT2D eigenvalue weighted by molar-refractivity contribution is 5.94. The van der Waals surface area contributed by atoms with E-state index in [4.69, 9.17) is 5.73 Å². The summed E-state index contributed by atoms with van der Waals surface area (Å²) in [7, 11) is 0. The topological polar surface area (TPSA) is 55.1 Å². The fraction of sp³-hybridized carbons (Fsp3) is 0.357. The zero-order valence-corrected chi connectivity index (χ0v) is 9.92. The fourth-order valence-corrected chi connectivity index (χ4v) is 1.57. The molecule has 1 fully saturated rings. The molecule has 1 saturated carbocycles. The van der Waals surface area contributed by atoms with Crippen molar-refractivity contribution in [2.75, 3.05) is 11.9 Å². The summed E-state index contributed by atoms with van der Waals surface area (Å²) in [6.07, 6.45) is 2.02. The molecule has 1 aromatic rings. The molecule has 3 heteroatoms. The van der Waals surface area contributed by atoms with E-state index in [0.29, 0.717) is 6.54 Å². The Morgan fingerprint density at radius 1 is 1.53 bits per heavy atom. The smallest absolute Gasteiger partial charge is 0.227 e. The van der Waals surface area contributed by atoms with Gasteiger partial charge >= 0.3 is 0 Å². The van der Waals surface area contributed by atoms with E-state index in [1.165, 1.54) is 0 Å². The van der Waals surface area contributed by atoms with Gasteiger partial charge in [-0.2, -0.15) is 0 Å². The number of carbonyl (C=O) groups is 1. The van der Waals surface area contributed by atoms with Gasteiger partial charge < -0.3 is 11.1 Å². The molecule has 88 valence electrons. The largest absolute Gasteiger partial charge is 0.326 e. The number of carbonyl (C=O) groups excluding carboxylic acids is 1. The van der Waals surface area contributed by atoms with Crippen LogP contribution >= 0.6 is 0 Å². The van der Waals surface area contributed by atoms with Crippen LogP contribution in [0.2, 0.25) is 0 Å². The van der Waals surface area contributed by atoms with Gasteiger partial charge in [0, 0.05) is 17.2 Å². The normalized spacial score (nSPS) is 13.8. The second-order valence-corrected chi connectivity index (χ2v) is 4.30. The third-order valence-electron chi connectivity index (χ3n) is 2.78. The standard InChI is InChI=1S/C14H16N2O/c1-10-4-7-13(9-12(10)3-2-8-15)16-14(17)11-5-6-11/h4,7,9,11H,5-6,8,15H2,1H3,(H,16,17). The molecular weight excluding hydrogens is 212 g/mol. The van der Waals surface area contributed by atoms with Crippen LogP contribution in [-0.4, -0.2) is 12.5 Å². The van der Waals surface area contributed by atoms with E-state index in [1.54, 1.807) is 0 Å². The molecule has 1 aliphatic rings. The molecule has 0 radical (unpaired) electrons. The van der Waals surface area contributed by atoms with E-state index in [1.807, 2.05) is 25.1 Å². The molecule has 0 aliphatic heterocycles. The molecular formula is C14H16N2O. The van der Waals surface area contributed by atoms with Gasteiger partial charge in [-0.25, -0.2) is 0 Å². The van der Waals surface area contributed by atoms with E-state index in [-0.39, 0.29) is 11.8 Å². The van der Waals surface area contributed by atoms with Crippen molar-refractivity contribution >= 4 is 11.6 Å². The van der Waals surface area contributed by atoms with Crippen LogP contribution in [0.3, 0.4) is 0 Å². The lowest BCUT2D eigenvalue weighted by Gasteiger charge is -2.06. The number of anilines is 1. The monoisotopic (exact) mass is 228 g/mol. The number of aryl methyl sites for hydroxylation is 1. The van der Waals surface area contributed by atoms with Gasteiger partial charge in [-0.1, -0.05) is 17.9 Å². The summed E-state index contributed by atoms with van der Waals surface area (Å²) in [4.78, 5) is 11.6. The summed E-state index contributed by atoms with van der Waals surface area (Å²) >= 11 is 0. The third kappa shape index (κ3) is 3.08. The molecule has 3 nitrogen and oxygen atoms in total. The van der Waals surface area contributed by atoms with Crippen LogP contribution in [0.4, 0.5) is 5.69 Å². The number of amides is 1. The lowest BCUT2D eigenvalue weighted by Crippen LogP contribution is -2.13. The zero-order valence-electron chi connectivity index (χ0n) is 9.92. The van der Waals surface area contributed by atoms with Crippen LogP contribution in [0.25, 0.3) is 0 Å². The molecule has 17 heavy (non-hydrogen) atoms. The maximum absolute atomic E-state index is 11.6. The molecule has 0 aromatic heterocycles. The number of benzene rings is 1. The Hall–Kier alpha value is -1.79. The zero-order chi connectivity index (χ0) is 12.3. The molecule has 0 atom stereocenters. The van der Waals surface area contributed by atoms with Crippen LogP contribution in [0.5, 0.6) is 0 Å². The summed E-state index contributed by atoms with van der Waals surface area (Å²) in [6.45, 7) is 2.34. The number of hydrogen-bond acceptors (Lipinski definition) is 2. The van der Waals surface area contributed by atoms with Crippen LogP contribution < -0.4 is 11.1 Å². The summed E-state index contributed by atoms with van der Waals surface area (Å²) < 4.78 is 0. The summed E-state index contributed by atoms with van der Waals surface area (Å²) in [5.74, 6) is 6.17. The van der Waals surface area contributed by atoms with E-state index in [0.717, 1.165) is 29.7 Å². The molecule has 1 aliphatic carbocycles. The van der Waals surface area contributed by atoms with E-state index in [9.17, 15) is 4.79 Å². The van der Waals surface area contributed by atoms with Gasteiger partial charge in [-0.15, -0.1) is 0 Å². The van der Waals surface area contributed by atoms with Crippen LogP contribution in [-0.2, 0) is 4.79 Å². The van der Waals surface area contributed by atoms with Gasteiger partial charge in [0.05, 0.1) is 6.54 Å². The lowest BCUT2D eigenvalue weighted by molar-refractivity contribution is -0.117. The summed E-state index contributed by atoms with van der Waals surface area (Å²) in [5.41, 5.74) is 8.18. The second-order valence-electron chi connectivity index (χ2n) is 4.30. The minimum absolute atomic E-state index is 0.117. The molecule has 2 rings (SSSR count). The van der Waals surface area contributed by atoms with Crippen molar-refractivity contribution in [1.29, 1.82) is 0 Å². The highest BCUT2D eigenvalue weighted by Gasteiger charge is 2.29. The maximum Gasteiger partial charge on any atom is 0.227 e. The Morgan fingerprint density at radius 2 is 2.29 bits per heavy atom. The number of hydrogen-bond donors (Lipinski definition) is 2. The first-order chi connectivity index (χ1) is 8.20. The highest BCUT2D eigenvalue weighted by Crippen LogP contribution is 2.30. The summed E-state index contributed by atoms with van der Waals surface area (Å²) in [5, 5.41) is 2.91. The number of nitrogens with one attached hydrogen (secondary N) is 1. The summed E-state index contributed by atoms with van der Waals surface area (Å²) in [6, 6.07) is 5.77. The quantitative estimate of drug-likeness (QED) is 0.756. The van der Waals surface area contributed by atoms with Crippen molar-refractivity contribution in [2.24, 2.45) is 11.7 Å². The van der Waals surface area contributed by atoms with Crippen molar-refractivity contribution in [1.82, 2.24) is 0 Å². The van der Waals surface area contributed by atoms with Gasteiger partial charge in [-0.3, -0.25) is 4.79 Å². The van der Waals surface area contributed by atoms with Crippen LogP contribution in [0.1, 0.15) is 24.0 Å². The Morgan fingerprint density at radius 3 is 2.94 bits per heavy atom. The predicted molar refractivity (Wildman–Crippen MR) is 68.5 cm³/mol. The van der Waals surface area contributed by atoms with Gasteiger partial charge in [-0.05, 0) is 37.5 Å². The molecule has 0 bridgehead atoms. The Balaban J connectivity index is 2.14. The van der Waals surface area contributed by atoms with Gasteiger partial charge in [0.1, 0.15) is 0 Å². The third-order valence-corrected chi connectivity index (χ3v) is 2.78. The SMILES string of the molecule is Cc1ccc(NC(=O)C2CC2)cc1C#CCN. The minimum Gasteiger partial charge on any atom is -0.326 e. The molecule has 0 saturated heterocycles. The van der Waals surface area contributed by atoms with Crippen molar-refractivity contribution in [2.45, 2.75) is 19.8 Å². The van der Waals surface area contributed by atoms with Gasteiger partial charge in [0.15, 0.2) is 0 Å². The van der Waals surface area contributed by atoms with Crippen LogP contribution in [0.15, 0.2) is 18.2 Å². The number of rotatable bonds is 2. The van der Waals surface area contributed by atoms with E-state index < -0.39 is 0 Å². The van der Waals surface area contributed by atoms with Crippen molar-refractivity contribution in [3.63, 3.8) is 0 Å². The lowest BCUT2D eigenvalue weighted by atomic mass is 10.1. The van der Waals surface area contributed by atoms with Gasteiger partial charge in [0.25, 0.3) is 0 Å². The average molecular weight is 228 g/mol. The second kappa shape index (κ2) is 5.03. The number of nitrogens with two attached hydrogens (primary N) is 1. The van der Waals surface area contributed by atoms with Crippen molar-refractivity contribution in [3.05, 3.63) is 29.3 Å². The molecule has 1 amide bonds.